The van der Waals surface area contributed by atoms with Gasteiger partial charge in [-0.1, -0.05) is 11.3 Å². The van der Waals surface area contributed by atoms with Gasteiger partial charge in [0, 0.05) is 16.9 Å². The van der Waals surface area contributed by atoms with E-state index in [4.69, 9.17) is 4.74 Å². The number of rotatable bonds is 6. The number of fused-ring (bicyclic) bond motifs is 1. The molecule has 1 spiro atoms. The number of benzene rings is 1. The predicted molar refractivity (Wildman–Crippen MR) is 121 cm³/mol. The van der Waals surface area contributed by atoms with Crippen LogP contribution in [-0.4, -0.2) is 43.3 Å². The predicted octanol–water partition coefficient (Wildman–Crippen LogP) is 4.16. The lowest BCUT2D eigenvalue weighted by Gasteiger charge is -2.46. The Morgan fingerprint density at radius 1 is 1.24 bits per heavy atom. The molecule has 8 nitrogen and oxygen atoms in total. The van der Waals surface area contributed by atoms with Crippen LogP contribution in [0, 0.1) is 16.7 Å². The summed E-state index contributed by atoms with van der Waals surface area (Å²) >= 11 is -0.821. The first-order valence-corrected chi connectivity index (χ1v) is 13.2. The zero-order valence-electron chi connectivity index (χ0n) is 18.2. The third kappa shape index (κ3) is 3.79. The highest BCUT2D eigenvalue weighted by Gasteiger charge is 2.48. The molecule has 2 aliphatic carbocycles. The van der Waals surface area contributed by atoms with Crippen LogP contribution in [0.4, 0.5) is 8.78 Å². The third-order valence-corrected chi connectivity index (χ3v) is 9.41. The van der Waals surface area contributed by atoms with E-state index in [-0.39, 0.29) is 16.1 Å². The molecular formula is C22H22F2N6O2S2. The molecule has 3 fully saturated rings. The van der Waals surface area contributed by atoms with Gasteiger partial charge < -0.3 is 9.29 Å². The highest BCUT2D eigenvalue weighted by Crippen LogP contribution is 2.48. The standard InChI is InChI=1S/C22H22F2N6O2S2/c23-18(24)19-27-28-20(33-19)30-17-8-14(34(31)29-22(10-25)5-6-22)7-15(16(17)9-26-30)13-1-3-21(4-2-13)11-32-12-21/h7-9,13,18,29H,1-6,11-12H2. The summed E-state index contributed by atoms with van der Waals surface area (Å²) in [5.74, 6) is 0.264. The molecular weight excluding hydrogens is 482 g/mol. The fourth-order valence-corrected chi connectivity index (χ4v) is 6.79. The molecule has 0 bridgehead atoms. The van der Waals surface area contributed by atoms with E-state index in [1.807, 2.05) is 6.07 Å². The minimum atomic E-state index is -2.71. The molecule has 6 rings (SSSR count). The molecule has 2 saturated carbocycles. The lowest BCUT2D eigenvalue weighted by atomic mass is 9.67. The quantitative estimate of drug-likeness (QED) is 0.502. The van der Waals surface area contributed by atoms with Gasteiger partial charge in [-0.3, -0.25) is 0 Å². The van der Waals surface area contributed by atoms with Crippen molar-refractivity contribution in [3.8, 4) is 11.2 Å². The normalized spacial score (nSPS) is 22.1. The van der Waals surface area contributed by atoms with E-state index in [1.165, 1.54) is 4.68 Å². The lowest BCUT2D eigenvalue weighted by molar-refractivity contribution is -0.132. The molecule has 1 saturated heterocycles. The summed E-state index contributed by atoms with van der Waals surface area (Å²) < 4.78 is 49.4. The highest BCUT2D eigenvalue weighted by molar-refractivity contribution is 7.89. The van der Waals surface area contributed by atoms with E-state index in [0.29, 0.717) is 28.7 Å². The van der Waals surface area contributed by atoms with Crippen LogP contribution in [0.25, 0.3) is 16.0 Å². The number of nitrogens with zero attached hydrogens (tertiary/aromatic N) is 5. The van der Waals surface area contributed by atoms with Crippen LogP contribution in [0.1, 0.15) is 61.4 Å². The summed E-state index contributed by atoms with van der Waals surface area (Å²) in [6, 6.07) is 5.91. The summed E-state index contributed by atoms with van der Waals surface area (Å²) in [6.07, 6.45) is 4.47. The van der Waals surface area contributed by atoms with Crippen molar-refractivity contribution >= 4 is 33.6 Å². The second-order valence-electron chi connectivity index (χ2n) is 9.56. The minimum Gasteiger partial charge on any atom is -0.593 e. The van der Waals surface area contributed by atoms with Crippen molar-refractivity contribution < 1.29 is 18.1 Å². The first kappa shape index (κ1) is 22.3. The SMILES string of the molecule is N#CC1(N[S+]([O-])c2cc(C3CCC4(CC3)COC4)c3cnn(-c4nnc(C(F)F)s4)c3c2)CC1. The van der Waals surface area contributed by atoms with E-state index in [1.54, 1.807) is 12.3 Å². The number of aromatic nitrogens is 4. The van der Waals surface area contributed by atoms with Crippen molar-refractivity contribution in [1.82, 2.24) is 24.7 Å². The fourth-order valence-electron chi connectivity index (χ4n) is 4.94. The second kappa shape index (κ2) is 8.20. The van der Waals surface area contributed by atoms with Crippen LogP contribution in [0.5, 0.6) is 0 Å². The smallest absolute Gasteiger partial charge is 0.291 e. The molecule has 3 heterocycles. The molecule has 34 heavy (non-hydrogen) atoms. The fraction of sp³-hybridized carbons (Fsp3) is 0.545. The Balaban J connectivity index is 1.40. The summed E-state index contributed by atoms with van der Waals surface area (Å²) in [7, 11) is 0. The number of hydrogen-bond acceptors (Lipinski definition) is 8. The largest absolute Gasteiger partial charge is 0.593 e. The van der Waals surface area contributed by atoms with Crippen molar-refractivity contribution in [3.63, 3.8) is 0 Å². The van der Waals surface area contributed by atoms with E-state index in [9.17, 15) is 18.6 Å². The zero-order valence-corrected chi connectivity index (χ0v) is 19.8. The Kier molecular flexibility index (Phi) is 5.38. The molecule has 0 amide bonds. The maximum absolute atomic E-state index is 13.2. The van der Waals surface area contributed by atoms with Crippen LogP contribution >= 0.6 is 11.3 Å². The number of alkyl halides is 2. The second-order valence-corrected chi connectivity index (χ2v) is 11.8. The molecule has 1 aliphatic heterocycles. The van der Waals surface area contributed by atoms with Gasteiger partial charge in [-0.25, -0.2) is 13.5 Å². The Morgan fingerprint density at radius 3 is 2.59 bits per heavy atom. The number of hydrogen-bond donors (Lipinski definition) is 1. The van der Waals surface area contributed by atoms with Crippen LogP contribution in [0.15, 0.2) is 23.2 Å². The van der Waals surface area contributed by atoms with Crippen LogP contribution in [0.2, 0.25) is 0 Å². The maximum atomic E-state index is 13.2. The summed E-state index contributed by atoms with van der Waals surface area (Å²) in [5.41, 5.74) is 1.25. The Hall–Kier alpha value is -2.17. The van der Waals surface area contributed by atoms with Crippen molar-refractivity contribution in [2.24, 2.45) is 5.41 Å². The first-order chi connectivity index (χ1) is 16.4. The molecule has 1 unspecified atom stereocenters. The lowest BCUT2D eigenvalue weighted by Crippen LogP contribution is -2.44. The number of ether oxygens (including phenoxy) is 1. The van der Waals surface area contributed by atoms with Gasteiger partial charge in [0.15, 0.2) is 9.90 Å². The van der Waals surface area contributed by atoms with Crippen LogP contribution in [0.3, 0.4) is 0 Å². The minimum absolute atomic E-state index is 0.233. The third-order valence-electron chi connectivity index (χ3n) is 7.26. The van der Waals surface area contributed by atoms with Crippen molar-refractivity contribution in [3.05, 3.63) is 28.9 Å². The highest BCUT2D eigenvalue weighted by atomic mass is 32.2. The molecule has 3 aromatic rings. The molecule has 1 atom stereocenters. The van der Waals surface area contributed by atoms with Crippen LogP contribution < -0.4 is 4.72 Å². The molecule has 3 aliphatic rings. The summed E-state index contributed by atoms with van der Waals surface area (Å²) in [5, 5.41) is 22.1. The monoisotopic (exact) mass is 504 g/mol. The number of nitriles is 1. The van der Waals surface area contributed by atoms with Crippen molar-refractivity contribution in [2.45, 2.75) is 61.3 Å². The molecule has 1 aromatic carbocycles. The van der Waals surface area contributed by atoms with E-state index in [0.717, 1.165) is 61.2 Å². The van der Waals surface area contributed by atoms with Gasteiger partial charge in [-0.05, 0) is 56.1 Å². The summed E-state index contributed by atoms with van der Waals surface area (Å²) in [6.45, 7) is 1.64. The van der Waals surface area contributed by atoms with Gasteiger partial charge in [0.1, 0.15) is 5.54 Å². The topological polar surface area (TPSA) is 112 Å². The van der Waals surface area contributed by atoms with Gasteiger partial charge in [-0.2, -0.15) is 10.4 Å². The van der Waals surface area contributed by atoms with Gasteiger partial charge in [0.05, 0.1) is 42.4 Å². The number of nitrogens with one attached hydrogen (secondary N) is 1. The Morgan fingerprint density at radius 2 is 2.00 bits per heavy atom. The van der Waals surface area contributed by atoms with Gasteiger partial charge in [-0.15, -0.1) is 14.9 Å². The van der Waals surface area contributed by atoms with Gasteiger partial charge in [0.2, 0.25) is 5.13 Å². The van der Waals surface area contributed by atoms with E-state index < -0.39 is 23.3 Å². The Labute approximate surface area is 201 Å². The van der Waals surface area contributed by atoms with Gasteiger partial charge in [0.25, 0.3) is 6.43 Å². The van der Waals surface area contributed by atoms with E-state index in [2.05, 4.69) is 26.1 Å². The first-order valence-electron chi connectivity index (χ1n) is 11.2. The van der Waals surface area contributed by atoms with Crippen molar-refractivity contribution in [1.29, 1.82) is 5.26 Å². The number of halogens is 2. The zero-order chi connectivity index (χ0) is 23.5. The average Bonchev–Trinajstić information content (AvgIpc) is 3.21. The molecule has 12 heteroatoms. The molecule has 178 valence electrons. The maximum Gasteiger partial charge on any atom is 0.291 e. The van der Waals surface area contributed by atoms with Crippen LogP contribution in [-0.2, 0) is 16.1 Å². The van der Waals surface area contributed by atoms with E-state index >= 15 is 0 Å². The van der Waals surface area contributed by atoms with Gasteiger partial charge >= 0.3 is 0 Å². The molecule has 0 radical (unpaired) electrons. The summed E-state index contributed by atoms with van der Waals surface area (Å²) in [4.78, 5) is 0.539. The molecule has 2 aromatic heterocycles. The molecule has 1 N–H and O–H groups in total. The van der Waals surface area contributed by atoms with Crippen molar-refractivity contribution in [2.75, 3.05) is 13.2 Å². The Bertz CT molecular complexity index is 1270. The average molecular weight is 505 g/mol.